The maximum absolute atomic E-state index is 6.01. The fourth-order valence-corrected chi connectivity index (χ4v) is 3.74. The minimum Gasteiger partial charge on any atom is -0.395 e. The summed E-state index contributed by atoms with van der Waals surface area (Å²) in [7, 11) is -1.90. The highest BCUT2D eigenvalue weighted by atomic mass is 28.4. The van der Waals surface area contributed by atoms with Gasteiger partial charge in [0.15, 0.2) is 0 Å². The Kier molecular flexibility index (Phi) is 7.06. The molecule has 0 fully saturated rings. The van der Waals surface area contributed by atoms with Crippen LogP contribution < -0.4 is 0 Å². The van der Waals surface area contributed by atoms with E-state index in [9.17, 15) is 0 Å². The van der Waals surface area contributed by atoms with Crippen LogP contribution in [0.1, 0.15) is 31.4 Å². The second-order valence-corrected chi connectivity index (χ2v) is 8.33. The lowest BCUT2D eigenvalue weighted by molar-refractivity contribution is 0.180. The zero-order valence-corrected chi connectivity index (χ0v) is 13.4. The summed E-state index contributed by atoms with van der Waals surface area (Å²) in [6.07, 6.45) is 3.98. The molecule has 1 rings (SSSR count). The van der Waals surface area contributed by atoms with Crippen LogP contribution in [0.25, 0.3) is 6.08 Å². The Hall–Kier alpha value is -0.903. The van der Waals surface area contributed by atoms with Crippen molar-refractivity contribution in [3.8, 4) is 0 Å². The van der Waals surface area contributed by atoms with Crippen molar-refractivity contribution in [2.75, 3.05) is 13.2 Å². The molecular formula is C16H26O2Si. The van der Waals surface area contributed by atoms with Gasteiger partial charge in [0.2, 0.25) is 0 Å². The highest BCUT2D eigenvalue weighted by molar-refractivity contribution is 6.65. The monoisotopic (exact) mass is 278 g/mol. The largest absolute Gasteiger partial charge is 0.395 e. The number of aryl methyl sites for hydroxylation is 1. The summed E-state index contributed by atoms with van der Waals surface area (Å²) in [6.45, 7) is 11.7. The molecule has 0 aromatic heterocycles. The molecule has 2 nitrogen and oxygen atoms in total. The first-order chi connectivity index (χ1) is 9.15. The molecule has 0 aliphatic heterocycles. The molecule has 0 saturated carbocycles. The van der Waals surface area contributed by atoms with Gasteiger partial charge in [-0.1, -0.05) is 43.8 Å². The molecule has 3 heteroatoms. The zero-order chi connectivity index (χ0) is 14.1. The second-order valence-electron chi connectivity index (χ2n) is 4.78. The van der Waals surface area contributed by atoms with Crippen LogP contribution in [0.4, 0.5) is 0 Å². The third-order valence-corrected chi connectivity index (χ3v) is 6.36. The normalized spacial score (nSPS) is 14.1. The van der Waals surface area contributed by atoms with E-state index in [-0.39, 0.29) is 0 Å². The van der Waals surface area contributed by atoms with Gasteiger partial charge in [-0.3, -0.25) is 0 Å². The Morgan fingerprint density at radius 3 is 2.58 bits per heavy atom. The van der Waals surface area contributed by atoms with Gasteiger partial charge in [-0.15, -0.1) is 0 Å². The van der Waals surface area contributed by atoms with E-state index in [0.29, 0.717) is 0 Å². The molecule has 0 radical (unpaired) electrons. The summed E-state index contributed by atoms with van der Waals surface area (Å²) in [5, 5.41) is 0. The van der Waals surface area contributed by atoms with Crippen LogP contribution in [0.3, 0.4) is 0 Å². The first-order valence-electron chi connectivity index (χ1n) is 7.13. The van der Waals surface area contributed by atoms with Crippen molar-refractivity contribution in [2.24, 2.45) is 0 Å². The molecule has 0 saturated heterocycles. The number of benzene rings is 1. The Morgan fingerprint density at radius 1 is 1.21 bits per heavy atom. The van der Waals surface area contributed by atoms with E-state index in [1.807, 2.05) is 19.1 Å². The smallest absolute Gasteiger partial charge is 0.334 e. The quantitative estimate of drug-likeness (QED) is 0.492. The third kappa shape index (κ3) is 5.31. The molecule has 0 amide bonds. The van der Waals surface area contributed by atoms with E-state index >= 15 is 0 Å². The van der Waals surface area contributed by atoms with Crippen molar-refractivity contribution in [3.63, 3.8) is 0 Å². The molecule has 0 spiro atoms. The molecule has 1 atom stereocenters. The van der Waals surface area contributed by atoms with Crippen LogP contribution in [0, 0.1) is 0 Å². The third-order valence-electron chi connectivity index (χ3n) is 3.36. The molecule has 0 bridgehead atoms. The van der Waals surface area contributed by atoms with E-state index in [2.05, 4.69) is 38.2 Å². The van der Waals surface area contributed by atoms with E-state index in [1.165, 1.54) is 11.1 Å². The molecule has 1 aromatic rings. The van der Waals surface area contributed by atoms with Gasteiger partial charge in [0, 0.05) is 13.2 Å². The molecule has 0 N–H and O–H groups in total. The van der Waals surface area contributed by atoms with Crippen LogP contribution >= 0.6 is 0 Å². The molecule has 1 aromatic carbocycles. The van der Waals surface area contributed by atoms with Crippen molar-refractivity contribution in [2.45, 2.75) is 39.3 Å². The fraction of sp³-hybridized carbons (Fsp3) is 0.500. The van der Waals surface area contributed by atoms with Crippen LogP contribution in [0.5, 0.6) is 0 Å². The Bertz CT molecular complexity index is 392. The maximum atomic E-state index is 6.01. The van der Waals surface area contributed by atoms with Crippen molar-refractivity contribution in [1.29, 1.82) is 0 Å². The first kappa shape index (κ1) is 16.2. The molecule has 19 heavy (non-hydrogen) atoms. The average molecular weight is 278 g/mol. The summed E-state index contributed by atoms with van der Waals surface area (Å²) in [6, 6.07) is 9.40. The standard InChI is InChI=1S/C16H26O2Si/c1-5-15-11-8-9-12-16(15)13-10-14-18-19(4,7-3)17-6-2/h5,8-9,11-12H,1,6-7,10,13-14H2,2-4H3. The lowest BCUT2D eigenvalue weighted by atomic mass is 10.0. The summed E-state index contributed by atoms with van der Waals surface area (Å²) in [4.78, 5) is 0. The number of rotatable bonds is 9. The molecule has 1 unspecified atom stereocenters. The predicted octanol–water partition coefficient (Wildman–Crippen LogP) is 4.41. The minimum absolute atomic E-state index is 0.746. The van der Waals surface area contributed by atoms with E-state index in [0.717, 1.165) is 32.1 Å². The van der Waals surface area contributed by atoms with E-state index < -0.39 is 8.56 Å². The molecule has 0 heterocycles. The van der Waals surface area contributed by atoms with Crippen LogP contribution in [0.15, 0.2) is 30.8 Å². The molecule has 0 aliphatic rings. The lowest BCUT2D eigenvalue weighted by Crippen LogP contribution is -2.38. The molecule has 106 valence electrons. The highest BCUT2D eigenvalue weighted by Crippen LogP contribution is 2.15. The first-order valence-corrected chi connectivity index (χ1v) is 9.65. The summed E-state index contributed by atoms with van der Waals surface area (Å²) in [5.41, 5.74) is 2.57. The van der Waals surface area contributed by atoms with Crippen LogP contribution in [-0.4, -0.2) is 21.8 Å². The summed E-state index contributed by atoms with van der Waals surface area (Å²) in [5.74, 6) is 0. The SMILES string of the molecule is C=Cc1ccccc1CCCO[Si](C)(CC)OCC. The van der Waals surface area contributed by atoms with Gasteiger partial charge in [0.05, 0.1) is 0 Å². The van der Waals surface area contributed by atoms with Gasteiger partial charge < -0.3 is 8.85 Å². The van der Waals surface area contributed by atoms with Gasteiger partial charge in [-0.05, 0) is 43.5 Å². The van der Waals surface area contributed by atoms with Crippen molar-refractivity contribution in [3.05, 3.63) is 42.0 Å². The maximum Gasteiger partial charge on any atom is 0.334 e. The zero-order valence-electron chi connectivity index (χ0n) is 12.4. The summed E-state index contributed by atoms with van der Waals surface area (Å²) < 4.78 is 11.8. The van der Waals surface area contributed by atoms with E-state index in [1.54, 1.807) is 0 Å². The summed E-state index contributed by atoms with van der Waals surface area (Å²) >= 11 is 0. The number of hydrogen-bond donors (Lipinski definition) is 0. The molecular weight excluding hydrogens is 252 g/mol. The topological polar surface area (TPSA) is 18.5 Å². The predicted molar refractivity (Wildman–Crippen MR) is 84.5 cm³/mol. The average Bonchev–Trinajstić information content (AvgIpc) is 2.44. The van der Waals surface area contributed by atoms with Crippen molar-refractivity contribution >= 4 is 14.6 Å². The lowest BCUT2D eigenvalue weighted by Gasteiger charge is -2.25. The Morgan fingerprint density at radius 2 is 1.95 bits per heavy atom. The van der Waals surface area contributed by atoms with Crippen molar-refractivity contribution < 1.29 is 8.85 Å². The van der Waals surface area contributed by atoms with Gasteiger partial charge in [0.1, 0.15) is 0 Å². The molecule has 0 aliphatic carbocycles. The Balaban J connectivity index is 2.40. The van der Waals surface area contributed by atoms with Gasteiger partial charge in [-0.2, -0.15) is 0 Å². The Labute approximate surface area is 118 Å². The van der Waals surface area contributed by atoms with Gasteiger partial charge in [0.25, 0.3) is 0 Å². The van der Waals surface area contributed by atoms with E-state index in [4.69, 9.17) is 8.85 Å². The van der Waals surface area contributed by atoms with Gasteiger partial charge in [-0.25, -0.2) is 0 Å². The number of hydrogen-bond acceptors (Lipinski definition) is 2. The fourth-order valence-electron chi connectivity index (χ4n) is 2.06. The van der Waals surface area contributed by atoms with Crippen molar-refractivity contribution in [1.82, 2.24) is 0 Å². The highest BCUT2D eigenvalue weighted by Gasteiger charge is 2.28. The minimum atomic E-state index is -1.90. The van der Waals surface area contributed by atoms with Crippen LogP contribution in [-0.2, 0) is 15.3 Å². The second kappa shape index (κ2) is 8.30. The van der Waals surface area contributed by atoms with Crippen LogP contribution in [0.2, 0.25) is 12.6 Å². The van der Waals surface area contributed by atoms with Gasteiger partial charge >= 0.3 is 8.56 Å².